The molecule has 0 spiro atoms. The average Bonchev–Trinajstić information content (AvgIpc) is 2.29. The monoisotopic (exact) mass is 233 g/mol. The van der Waals surface area contributed by atoms with Gasteiger partial charge in [0.2, 0.25) is 0 Å². The number of fused-ring (bicyclic) bond motifs is 1. The van der Waals surface area contributed by atoms with Crippen molar-refractivity contribution in [3.63, 3.8) is 0 Å². The van der Waals surface area contributed by atoms with Crippen LogP contribution in [0.25, 0.3) is 11.0 Å². The minimum absolute atomic E-state index is 0.125. The Bertz CT molecular complexity index is 617. The van der Waals surface area contributed by atoms with Crippen LogP contribution in [0.5, 0.6) is 0 Å². The van der Waals surface area contributed by atoms with E-state index in [9.17, 15) is 9.59 Å². The molecular formula is C12H11NO4. The number of hydrogen-bond donors (Lipinski definition) is 2. The standard InChI is InChI=1S/C12H11NO4/c13-9(12(15)16)6-8-3-1-2-7-4-5-10(14)17-11(7)8/h1-5,9H,6,13H2,(H,15,16). The van der Waals surface area contributed by atoms with Crippen LogP contribution in [0.3, 0.4) is 0 Å². The summed E-state index contributed by atoms with van der Waals surface area (Å²) >= 11 is 0. The molecule has 5 heteroatoms. The second kappa shape index (κ2) is 4.39. The fraction of sp³-hybridized carbons (Fsp3) is 0.167. The van der Waals surface area contributed by atoms with Gasteiger partial charge in [-0.2, -0.15) is 0 Å². The molecule has 0 bridgehead atoms. The Morgan fingerprint density at radius 3 is 2.82 bits per heavy atom. The van der Waals surface area contributed by atoms with Gasteiger partial charge in [-0.15, -0.1) is 0 Å². The third-order valence-electron chi connectivity index (χ3n) is 2.49. The molecule has 2 aromatic rings. The predicted octanol–water partition coefficient (Wildman–Crippen LogP) is 0.747. The second-order valence-corrected chi connectivity index (χ2v) is 3.74. The van der Waals surface area contributed by atoms with Crippen LogP contribution in [-0.4, -0.2) is 17.1 Å². The van der Waals surface area contributed by atoms with E-state index in [1.807, 2.05) is 0 Å². The van der Waals surface area contributed by atoms with Gasteiger partial charge in [-0.05, 0) is 11.6 Å². The lowest BCUT2D eigenvalue weighted by molar-refractivity contribution is -0.138. The lowest BCUT2D eigenvalue weighted by atomic mass is 10.0. The van der Waals surface area contributed by atoms with Gasteiger partial charge in [0.1, 0.15) is 11.6 Å². The van der Waals surface area contributed by atoms with Crippen LogP contribution in [-0.2, 0) is 11.2 Å². The highest BCUT2D eigenvalue weighted by Gasteiger charge is 2.14. The Balaban J connectivity index is 2.50. The summed E-state index contributed by atoms with van der Waals surface area (Å²) in [4.78, 5) is 21.8. The summed E-state index contributed by atoms with van der Waals surface area (Å²) in [6, 6.07) is 7.21. The van der Waals surface area contributed by atoms with Crippen molar-refractivity contribution in [3.05, 3.63) is 46.3 Å². The second-order valence-electron chi connectivity index (χ2n) is 3.74. The van der Waals surface area contributed by atoms with E-state index in [1.165, 1.54) is 6.07 Å². The highest BCUT2D eigenvalue weighted by atomic mass is 16.4. The van der Waals surface area contributed by atoms with Gasteiger partial charge >= 0.3 is 11.6 Å². The summed E-state index contributed by atoms with van der Waals surface area (Å²) in [7, 11) is 0. The lowest BCUT2D eigenvalue weighted by Crippen LogP contribution is -2.32. The first-order chi connectivity index (χ1) is 8.08. The Hall–Kier alpha value is -2.14. The fourth-order valence-corrected chi connectivity index (χ4v) is 1.64. The quantitative estimate of drug-likeness (QED) is 0.763. The highest BCUT2D eigenvalue weighted by Crippen LogP contribution is 2.18. The smallest absolute Gasteiger partial charge is 0.336 e. The van der Waals surface area contributed by atoms with Crippen molar-refractivity contribution in [1.82, 2.24) is 0 Å². The van der Waals surface area contributed by atoms with Gasteiger partial charge in [-0.1, -0.05) is 18.2 Å². The molecule has 0 aliphatic rings. The van der Waals surface area contributed by atoms with Crippen LogP contribution in [0.15, 0.2) is 39.5 Å². The van der Waals surface area contributed by atoms with Gasteiger partial charge in [-0.3, -0.25) is 4.79 Å². The van der Waals surface area contributed by atoms with Gasteiger partial charge in [0, 0.05) is 17.9 Å². The maximum atomic E-state index is 11.1. The topological polar surface area (TPSA) is 93.5 Å². The zero-order valence-electron chi connectivity index (χ0n) is 8.92. The summed E-state index contributed by atoms with van der Waals surface area (Å²) in [5, 5.41) is 9.50. The summed E-state index contributed by atoms with van der Waals surface area (Å²) in [5.74, 6) is -1.08. The normalized spacial score (nSPS) is 12.5. The molecule has 0 aliphatic carbocycles. The van der Waals surface area contributed by atoms with Gasteiger partial charge in [0.15, 0.2) is 0 Å². The number of carboxylic acid groups (broad SMARTS) is 1. The summed E-state index contributed by atoms with van der Waals surface area (Å²) in [6.45, 7) is 0. The molecule has 88 valence electrons. The van der Waals surface area contributed by atoms with E-state index in [0.717, 1.165) is 5.39 Å². The van der Waals surface area contributed by atoms with Crippen molar-refractivity contribution >= 4 is 16.9 Å². The SMILES string of the molecule is NC(Cc1cccc2ccc(=O)oc12)C(=O)O. The van der Waals surface area contributed by atoms with E-state index >= 15 is 0 Å². The maximum absolute atomic E-state index is 11.1. The zero-order valence-corrected chi connectivity index (χ0v) is 8.92. The molecule has 1 heterocycles. The molecule has 0 saturated carbocycles. The number of hydrogen-bond acceptors (Lipinski definition) is 4. The van der Waals surface area contributed by atoms with E-state index in [1.54, 1.807) is 24.3 Å². The van der Waals surface area contributed by atoms with Crippen molar-refractivity contribution in [2.45, 2.75) is 12.5 Å². The number of carbonyl (C=O) groups is 1. The molecule has 1 atom stereocenters. The molecule has 0 amide bonds. The number of carboxylic acids is 1. The predicted molar refractivity (Wildman–Crippen MR) is 61.8 cm³/mol. The first-order valence-electron chi connectivity index (χ1n) is 5.08. The zero-order chi connectivity index (χ0) is 12.4. The van der Waals surface area contributed by atoms with E-state index in [0.29, 0.717) is 11.1 Å². The number of benzene rings is 1. The molecule has 0 aliphatic heterocycles. The van der Waals surface area contributed by atoms with Gasteiger partial charge in [0.25, 0.3) is 0 Å². The minimum Gasteiger partial charge on any atom is -0.480 e. The number of nitrogens with two attached hydrogens (primary N) is 1. The third-order valence-corrected chi connectivity index (χ3v) is 2.49. The molecule has 5 nitrogen and oxygen atoms in total. The van der Waals surface area contributed by atoms with Crippen molar-refractivity contribution in [1.29, 1.82) is 0 Å². The Morgan fingerprint density at radius 2 is 2.12 bits per heavy atom. The van der Waals surface area contributed by atoms with Crippen LogP contribution < -0.4 is 11.4 Å². The van der Waals surface area contributed by atoms with E-state index < -0.39 is 17.6 Å². The minimum atomic E-state index is -1.08. The van der Waals surface area contributed by atoms with Crippen LogP contribution in [0.4, 0.5) is 0 Å². The van der Waals surface area contributed by atoms with Crippen molar-refractivity contribution < 1.29 is 14.3 Å². The summed E-state index contributed by atoms with van der Waals surface area (Å²) < 4.78 is 5.07. The van der Waals surface area contributed by atoms with Crippen molar-refractivity contribution in [3.8, 4) is 0 Å². The van der Waals surface area contributed by atoms with Crippen molar-refractivity contribution in [2.75, 3.05) is 0 Å². The van der Waals surface area contributed by atoms with E-state index in [2.05, 4.69) is 0 Å². The molecule has 0 saturated heterocycles. The molecule has 1 unspecified atom stereocenters. The number of rotatable bonds is 3. The van der Waals surface area contributed by atoms with E-state index in [-0.39, 0.29) is 6.42 Å². The Morgan fingerprint density at radius 1 is 1.35 bits per heavy atom. The molecule has 0 fully saturated rings. The molecule has 3 N–H and O–H groups in total. The summed E-state index contributed by atoms with van der Waals surface area (Å²) in [6.07, 6.45) is 0.125. The molecule has 17 heavy (non-hydrogen) atoms. The van der Waals surface area contributed by atoms with Gasteiger partial charge in [-0.25, -0.2) is 4.79 Å². The first-order valence-corrected chi connectivity index (χ1v) is 5.08. The number of aliphatic carboxylic acids is 1. The summed E-state index contributed by atoms with van der Waals surface area (Å²) in [5.41, 5.74) is 6.01. The third kappa shape index (κ3) is 2.34. The molecule has 2 rings (SSSR count). The molecule has 1 aromatic carbocycles. The maximum Gasteiger partial charge on any atom is 0.336 e. The average molecular weight is 233 g/mol. The highest BCUT2D eigenvalue weighted by molar-refractivity contribution is 5.81. The molecular weight excluding hydrogens is 222 g/mol. The lowest BCUT2D eigenvalue weighted by Gasteiger charge is -2.07. The van der Waals surface area contributed by atoms with E-state index in [4.69, 9.17) is 15.3 Å². The largest absolute Gasteiger partial charge is 0.480 e. The van der Waals surface area contributed by atoms with Crippen LogP contribution in [0, 0.1) is 0 Å². The van der Waals surface area contributed by atoms with Crippen LogP contribution in [0.1, 0.15) is 5.56 Å². The van der Waals surface area contributed by atoms with Crippen LogP contribution >= 0.6 is 0 Å². The van der Waals surface area contributed by atoms with Crippen LogP contribution in [0.2, 0.25) is 0 Å². The Kier molecular flexibility index (Phi) is 2.93. The van der Waals surface area contributed by atoms with Gasteiger partial charge < -0.3 is 15.3 Å². The van der Waals surface area contributed by atoms with Crippen molar-refractivity contribution in [2.24, 2.45) is 5.73 Å². The molecule has 1 aromatic heterocycles. The molecule has 0 radical (unpaired) electrons. The number of para-hydroxylation sites is 1. The van der Waals surface area contributed by atoms with Gasteiger partial charge in [0.05, 0.1) is 0 Å². The Labute approximate surface area is 96.5 Å². The first kappa shape index (κ1) is 11.3. The fourth-order valence-electron chi connectivity index (χ4n) is 1.64.